The first-order valence-electron chi connectivity index (χ1n) is 7.20. The minimum Gasteiger partial charge on any atom is -0.484 e. The number of rotatable bonds is 6. The highest BCUT2D eigenvalue weighted by molar-refractivity contribution is 5.84. The summed E-state index contributed by atoms with van der Waals surface area (Å²) in [5.41, 5.74) is 5.79. The SMILES string of the molecule is C[C@@H](Nc1cccc(OCC(N)=O)c1)C(=O)N1CCOCC1. The molecule has 1 aliphatic heterocycles. The second kappa shape index (κ2) is 7.65. The average Bonchev–Trinajstić information content (AvgIpc) is 2.53. The van der Waals surface area contributed by atoms with Crippen molar-refractivity contribution in [1.29, 1.82) is 0 Å². The van der Waals surface area contributed by atoms with E-state index >= 15 is 0 Å². The minimum atomic E-state index is -0.533. The van der Waals surface area contributed by atoms with E-state index in [-0.39, 0.29) is 18.6 Å². The van der Waals surface area contributed by atoms with Crippen LogP contribution in [0.25, 0.3) is 0 Å². The Labute approximate surface area is 129 Å². The number of anilines is 1. The van der Waals surface area contributed by atoms with Gasteiger partial charge in [0.2, 0.25) is 5.91 Å². The molecule has 1 heterocycles. The zero-order valence-corrected chi connectivity index (χ0v) is 12.6. The van der Waals surface area contributed by atoms with E-state index in [4.69, 9.17) is 15.2 Å². The van der Waals surface area contributed by atoms with Crippen molar-refractivity contribution in [2.75, 3.05) is 38.2 Å². The van der Waals surface area contributed by atoms with Crippen LogP contribution in [0, 0.1) is 0 Å². The maximum atomic E-state index is 12.3. The molecule has 0 bridgehead atoms. The van der Waals surface area contributed by atoms with Crippen LogP contribution < -0.4 is 15.8 Å². The van der Waals surface area contributed by atoms with Crippen molar-refractivity contribution in [3.05, 3.63) is 24.3 Å². The zero-order chi connectivity index (χ0) is 15.9. The van der Waals surface area contributed by atoms with E-state index in [1.54, 1.807) is 23.1 Å². The van der Waals surface area contributed by atoms with Crippen LogP contribution in [0.4, 0.5) is 5.69 Å². The van der Waals surface area contributed by atoms with E-state index in [1.165, 1.54) is 0 Å². The van der Waals surface area contributed by atoms with Gasteiger partial charge in [0, 0.05) is 24.8 Å². The van der Waals surface area contributed by atoms with Crippen LogP contribution in [0.2, 0.25) is 0 Å². The molecule has 120 valence electrons. The number of nitrogens with zero attached hydrogens (tertiary/aromatic N) is 1. The van der Waals surface area contributed by atoms with Crippen molar-refractivity contribution < 1.29 is 19.1 Å². The molecule has 1 aliphatic rings. The molecule has 1 fully saturated rings. The normalized spacial score (nSPS) is 16.0. The molecule has 0 aromatic heterocycles. The summed E-state index contributed by atoms with van der Waals surface area (Å²) in [6.45, 7) is 4.03. The summed E-state index contributed by atoms with van der Waals surface area (Å²) in [5.74, 6) is 0.0239. The van der Waals surface area contributed by atoms with Crippen molar-refractivity contribution in [3.63, 3.8) is 0 Å². The van der Waals surface area contributed by atoms with Crippen LogP contribution in [-0.2, 0) is 14.3 Å². The molecule has 0 radical (unpaired) electrons. The van der Waals surface area contributed by atoms with Crippen LogP contribution in [0.3, 0.4) is 0 Å². The number of carbonyl (C=O) groups is 2. The Balaban J connectivity index is 1.92. The lowest BCUT2D eigenvalue weighted by molar-refractivity contribution is -0.135. The van der Waals surface area contributed by atoms with Crippen molar-refractivity contribution in [3.8, 4) is 5.75 Å². The van der Waals surface area contributed by atoms with Crippen molar-refractivity contribution in [1.82, 2.24) is 4.90 Å². The predicted molar refractivity (Wildman–Crippen MR) is 81.6 cm³/mol. The molecule has 1 aromatic carbocycles. The average molecular weight is 307 g/mol. The molecular weight excluding hydrogens is 286 g/mol. The molecule has 1 saturated heterocycles. The van der Waals surface area contributed by atoms with Crippen molar-refractivity contribution >= 4 is 17.5 Å². The number of nitrogens with one attached hydrogen (secondary N) is 1. The molecule has 7 heteroatoms. The molecule has 1 aromatic rings. The van der Waals surface area contributed by atoms with Crippen molar-refractivity contribution in [2.45, 2.75) is 13.0 Å². The van der Waals surface area contributed by atoms with Gasteiger partial charge in [-0.15, -0.1) is 0 Å². The van der Waals surface area contributed by atoms with E-state index in [2.05, 4.69) is 5.32 Å². The van der Waals surface area contributed by atoms with Gasteiger partial charge >= 0.3 is 0 Å². The number of amides is 2. The number of benzene rings is 1. The molecule has 22 heavy (non-hydrogen) atoms. The van der Waals surface area contributed by atoms with Crippen LogP contribution in [0.1, 0.15) is 6.92 Å². The molecule has 0 spiro atoms. The second-order valence-electron chi connectivity index (χ2n) is 5.09. The minimum absolute atomic E-state index is 0.0340. The maximum Gasteiger partial charge on any atom is 0.255 e. The number of nitrogens with two attached hydrogens (primary N) is 1. The molecule has 2 amide bonds. The van der Waals surface area contributed by atoms with Gasteiger partial charge in [-0.05, 0) is 19.1 Å². The molecule has 0 aliphatic carbocycles. The van der Waals surface area contributed by atoms with Gasteiger partial charge in [0.15, 0.2) is 6.61 Å². The number of carbonyl (C=O) groups excluding carboxylic acids is 2. The molecule has 7 nitrogen and oxygen atoms in total. The Kier molecular flexibility index (Phi) is 5.60. The summed E-state index contributed by atoms with van der Waals surface area (Å²) in [4.78, 5) is 24.8. The van der Waals surface area contributed by atoms with E-state index < -0.39 is 5.91 Å². The first-order valence-corrected chi connectivity index (χ1v) is 7.20. The fourth-order valence-electron chi connectivity index (χ4n) is 2.20. The number of ether oxygens (including phenoxy) is 2. The van der Waals surface area contributed by atoms with E-state index in [0.717, 1.165) is 5.69 Å². The Bertz CT molecular complexity index is 529. The number of primary amides is 1. The lowest BCUT2D eigenvalue weighted by atomic mass is 10.2. The third-order valence-corrected chi connectivity index (χ3v) is 3.29. The molecule has 3 N–H and O–H groups in total. The third-order valence-electron chi connectivity index (χ3n) is 3.29. The summed E-state index contributed by atoms with van der Waals surface area (Å²) in [5, 5.41) is 3.14. The predicted octanol–water partition coefficient (Wildman–Crippen LogP) is 0.210. The van der Waals surface area contributed by atoms with Gasteiger partial charge in [-0.2, -0.15) is 0 Å². The molecule has 0 saturated carbocycles. The topological polar surface area (TPSA) is 93.9 Å². The molecular formula is C15H21N3O4. The largest absolute Gasteiger partial charge is 0.484 e. The number of hydrogen-bond acceptors (Lipinski definition) is 5. The highest BCUT2D eigenvalue weighted by Gasteiger charge is 2.22. The van der Waals surface area contributed by atoms with E-state index in [0.29, 0.717) is 32.1 Å². The maximum absolute atomic E-state index is 12.3. The Hall–Kier alpha value is -2.28. The summed E-state index contributed by atoms with van der Waals surface area (Å²) in [6.07, 6.45) is 0. The van der Waals surface area contributed by atoms with Gasteiger partial charge in [0.1, 0.15) is 11.8 Å². The first kappa shape index (κ1) is 16.1. The Morgan fingerprint density at radius 3 is 2.82 bits per heavy atom. The lowest BCUT2D eigenvalue weighted by Gasteiger charge is -2.29. The van der Waals surface area contributed by atoms with E-state index in [9.17, 15) is 9.59 Å². The van der Waals surface area contributed by atoms with Gasteiger partial charge in [-0.3, -0.25) is 9.59 Å². The van der Waals surface area contributed by atoms with E-state index in [1.807, 2.05) is 13.0 Å². The summed E-state index contributed by atoms with van der Waals surface area (Å²) in [7, 11) is 0. The van der Waals surface area contributed by atoms with Gasteiger partial charge < -0.3 is 25.4 Å². The Morgan fingerprint density at radius 2 is 2.14 bits per heavy atom. The Morgan fingerprint density at radius 1 is 1.41 bits per heavy atom. The number of hydrogen-bond donors (Lipinski definition) is 2. The molecule has 2 rings (SSSR count). The zero-order valence-electron chi connectivity index (χ0n) is 12.6. The molecule has 1 atom stereocenters. The highest BCUT2D eigenvalue weighted by Crippen LogP contribution is 2.18. The monoisotopic (exact) mass is 307 g/mol. The quantitative estimate of drug-likeness (QED) is 0.783. The fourth-order valence-corrected chi connectivity index (χ4v) is 2.20. The van der Waals surface area contributed by atoms with Gasteiger partial charge in [-0.25, -0.2) is 0 Å². The van der Waals surface area contributed by atoms with Gasteiger partial charge in [0.05, 0.1) is 13.2 Å². The van der Waals surface area contributed by atoms with Gasteiger partial charge in [-0.1, -0.05) is 6.07 Å². The van der Waals surface area contributed by atoms with Crippen LogP contribution in [0.5, 0.6) is 5.75 Å². The second-order valence-corrected chi connectivity index (χ2v) is 5.09. The van der Waals surface area contributed by atoms with Crippen molar-refractivity contribution in [2.24, 2.45) is 5.73 Å². The summed E-state index contributed by atoms with van der Waals surface area (Å²) in [6, 6.07) is 6.71. The standard InChI is InChI=1S/C15H21N3O4/c1-11(15(20)18-5-7-21-8-6-18)17-12-3-2-4-13(9-12)22-10-14(16)19/h2-4,9,11,17H,5-8,10H2,1H3,(H2,16,19)/t11-/m1/s1. The third kappa shape index (κ3) is 4.63. The smallest absolute Gasteiger partial charge is 0.255 e. The summed E-state index contributed by atoms with van der Waals surface area (Å²) >= 11 is 0. The van der Waals surface area contributed by atoms with Crippen LogP contribution in [-0.4, -0.2) is 55.7 Å². The lowest BCUT2D eigenvalue weighted by Crippen LogP contribution is -2.46. The molecule has 0 unspecified atom stereocenters. The van der Waals surface area contributed by atoms with Crippen LogP contribution in [0.15, 0.2) is 24.3 Å². The van der Waals surface area contributed by atoms with Gasteiger partial charge in [0.25, 0.3) is 5.91 Å². The number of morpholine rings is 1. The summed E-state index contributed by atoms with van der Waals surface area (Å²) < 4.78 is 10.5. The first-order chi connectivity index (χ1) is 10.6. The fraction of sp³-hybridized carbons (Fsp3) is 0.467. The van der Waals surface area contributed by atoms with Crippen LogP contribution >= 0.6 is 0 Å². The highest BCUT2D eigenvalue weighted by atomic mass is 16.5.